The minimum absolute atomic E-state index is 0.217. The molecule has 0 aliphatic heterocycles. The van der Waals surface area contributed by atoms with Crippen molar-refractivity contribution in [1.82, 2.24) is 19.6 Å². The molecular weight excluding hydrogens is 262 g/mol. The minimum Gasteiger partial charge on any atom is -0.378 e. The number of aryl methyl sites for hydroxylation is 2. The number of rotatable bonds is 4. The number of aromatic nitrogens is 4. The molecule has 0 aliphatic carbocycles. The van der Waals surface area contributed by atoms with Crippen molar-refractivity contribution in [2.45, 2.75) is 19.9 Å². The van der Waals surface area contributed by atoms with Gasteiger partial charge in [-0.2, -0.15) is 10.2 Å². The number of nitrogens with one attached hydrogen (secondary N) is 1. The Labute approximate surface area is 124 Å². The van der Waals surface area contributed by atoms with Gasteiger partial charge in [-0.1, -0.05) is 0 Å². The Morgan fingerprint density at radius 2 is 1.95 bits per heavy atom. The number of hydrogen-bond donors (Lipinski definition) is 1. The normalized spacial score (nSPS) is 12.3. The van der Waals surface area contributed by atoms with E-state index in [1.807, 2.05) is 35.6 Å². The predicted molar refractivity (Wildman–Crippen MR) is 83.5 cm³/mol. The quantitative estimate of drug-likeness (QED) is 0.799. The molecule has 2 aromatic heterocycles. The first-order valence-electron chi connectivity index (χ1n) is 7.00. The lowest BCUT2D eigenvalue weighted by Gasteiger charge is -2.15. The molecule has 0 saturated carbocycles. The van der Waals surface area contributed by atoms with E-state index in [0.717, 1.165) is 17.1 Å². The van der Waals surface area contributed by atoms with Crippen molar-refractivity contribution in [2.24, 2.45) is 7.05 Å². The van der Waals surface area contributed by atoms with Gasteiger partial charge in [0.1, 0.15) is 0 Å². The summed E-state index contributed by atoms with van der Waals surface area (Å²) in [5.74, 6) is 0. The first-order chi connectivity index (χ1) is 10.1. The molecule has 0 radical (unpaired) electrons. The van der Waals surface area contributed by atoms with Gasteiger partial charge in [-0.15, -0.1) is 0 Å². The van der Waals surface area contributed by atoms with Crippen molar-refractivity contribution >= 4 is 5.69 Å². The lowest BCUT2D eigenvalue weighted by atomic mass is 10.1. The van der Waals surface area contributed by atoms with Crippen LogP contribution in [0.5, 0.6) is 0 Å². The number of anilines is 1. The summed E-state index contributed by atoms with van der Waals surface area (Å²) >= 11 is 0. The van der Waals surface area contributed by atoms with Crippen molar-refractivity contribution < 1.29 is 0 Å². The van der Waals surface area contributed by atoms with Gasteiger partial charge in [-0.3, -0.25) is 4.68 Å². The molecule has 5 nitrogen and oxygen atoms in total. The highest BCUT2D eigenvalue weighted by Gasteiger charge is 2.11. The number of hydrogen-bond acceptors (Lipinski definition) is 3. The maximum absolute atomic E-state index is 4.39. The summed E-state index contributed by atoms with van der Waals surface area (Å²) in [6, 6.07) is 10.4. The molecule has 0 spiro atoms. The molecule has 2 heterocycles. The Kier molecular flexibility index (Phi) is 3.48. The number of benzene rings is 1. The molecule has 0 aliphatic rings. The average Bonchev–Trinajstić information content (AvgIpc) is 3.09. The van der Waals surface area contributed by atoms with Gasteiger partial charge in [-0.05, 0) is 44.2 Å². The second-order valence-electron chi connectivity index (χ2n) is 5.21. The largest absolute Gasteiger partial charge is 0.378 e. The van der Waals surface area contributed by atoms with E-state index in [1.54, 1.807) is 6.20 Å². The van der Waals surface area contributed by atoms with Crippen LogP contribution in [0.2, 0.25) is 0 Å². The molecule has 0 fully saturated rings. The Balaban J connectivity index is 1.74. The maximum Gasteiger partial charge on any atom is 0.0647 e. The third-order valence-electron chi connectivity index (χ3n) is 3.54. The van der Waals surface area contributed by atoms with Crippen LogP contribution in [0, 0.1) is 6.92 Å². The van der Waals surface area contributed by atoms with Crippen LogP contribution in [0.3, 0.4) is 0 Å². The van der Waals surface area contributed by atoms with Gasteiger partial charge >= 0.3 is 0 Å². The molecule has 108 valence electrons. The fraction of sp³-hybridized carbons (Fsp3) is 0.250. The molecule has 3 rings (SSSR count). The van der Waals surface area contributed by atoms with Crippen LogP contribution in [-0.4, -0.2) is 19.6 Å². The standard InChI is InChI=1S/C16H19N5/c1-12(16-11-20(3)19-13(16)2)18-14-5-7-15(8-6-14)21-10-4-9-17-21/h4-12,18H,1-3H3. The summed E-state index contributed by atoms with van der Waals surface area (Å²) in [5.41, 5.74) is 4.41. The summed E-state index contributed by atoms with van der Waals surface area (Å²) in [5, 5.41) is 12.1. The van der Waals surface area contributed by atoms with Crippen LogP contribution in [0.15, 0.2) is 48.9 Å². The van der Waals surface area contributed by atoms with Gasteiger partial charge in [0.25, 0.3) is 0 Å². The molecule has 0 saturated heterocycles. The summed E-state index contributed by atoms with van der Waals surface area (Å²) in [6.45, 7) is 4.18. The molecule has 5 heteroatoms. The van der Waals surface area contributed by atoms with Crippen molar-refractivity contribution in [2.75, 3.05) is 5.32 Å². The van der Waals surface area contributed by atoms with Gasteiger partial charge in [0.05, 0.1) is 17.4 Å². The maximum atomic E-state index is 4.39. The zero-order chi connectivity index (χ0) is 14.8. The zero-order valence-corrected chi connectivity index (χ0v) is 12.5. The molecule has 1 atom stereocenters. The van der Waals surface area contributed by atoms with Crippen LogP contribution >= 0.6 is 0 Å². The lowest BCUT2D eigenvalue weighted by Crippen LogP contribution is -2.07. The molecular formula is C16H19N5. The van der Waals surface area contributed by atoms with E-state index in [-0.39, 0.29) is 6.04 Å². The van der Waals surface area contributed by atoms with Crippen molar-refractivity contribution in [3.63, 3.8) is 0 Å². The summed E-state index contributed by atoms with van der Waals surface area (Å²) in [7, 11) is 1.95. The Bertz CT molecular complexity index is 710. The van der Waals surface area contributed by atoms with Crippen molar-refractivity contribution in [3.8, 4) is 5.69 Å². The van der Waals surface area contributed by atoms with E-state index in [2.05, 4.69) is 52.9 Å². The second kappa shape index (κ2) is 5.44. The zero-order valence-electron chi connectivity index (χ0n) is 12.5. The first-order valence-corrected chi connectivity index (χ1v) is 7.00. The Morgan fingerprint density at radius 1 is 1.19 bits per heavy atom. The van der Waals surface area contributed by atoms with E-state index in [0.29, 0.717) is 0 Å². The van der Waals surface area contributed by atoms with Crippen molar-refractivity contribution in [3.05, 3.63) is 60.2 Å². The topological polar surface area (TPSA) is 47.7 Å². The molecule has 3 aromatic rings. The SMILES string of the molecule is Cc1nn(C)cc1C(C)Nc1ccc(-n2cccn2)cc1. The van der Waals surface area contributed by atoms with Crippen molar-refractivity contribution in [1.29, 1.82) is 0 Å². The van der Waals surface area contributed by atoms with E-state index in [9.17, 15) is 0 Å². The molecule has 1 aromatic carbocycles. The summed E-state index contributed by atoms with van der Waals surface area (Å²) in [6.07, 6.45) is 5.77. The number of nitrogens with zero attached hydrogens (tertiary/aromatic N) is 4. The third-order valence-corrected chi connectivity index (χ3v) is 3.54. The molecule has 0 bridgehead atoms. The monoisotopic (exact) mass is 281 g/mol. The first kappa shape index (κ1) is 13.4. The third kappa shape index (κ3) is 2.81. The highest BCUT2D eigenvalue weighted by atomic mass is 15.3. The van der Waals surface area contributed by atoms with E-state index in [4.69, 9.17) is 0 Å². The smallest absolute Gasteiger partial charge is 0.0647 e. The summed E-state index contributed by atoms with van der Waals surface area (Å²) in [4.78, 5) is 0. The van der Waals surface area contributed by atoms with Gasteiger partial charge in [0.15, 0.2) is 0 Å². The van der Waals surface area contributed by atoms with E-state index >= 15 is 0 Å². The summed E-state index contributed by atoms with van der Waals surface area (Å²) < 4.78 is 3.70. The fourth-order valence-corrected chi connectivity index (χ4v) is 2.50. The molecule has 0 amide bonds. The van der Waals surface area contributed by atoms with Crippen LogP contribution in [-0.2, 0) is 7.05 Å². The fourth-order valence-electron chi connectivity index (χ4n) is 2.50. The Hall–Kier alpha value is -2.56. The van der Waals surface area contributed by atoms with Crippen LogP contribution in [0.1, 0.15) is 24.2 Å². The highest BCUT2D eigenvalue weighted by Crippen LogP contribution is 2.22. The second-order valence-corrected chi connectivity index (χ2v) is 5.21. The predicted octanol–water partition coefficient (Wildman–Crippen LogP) is 3.09. The van der Waals surface area contributed by atoms with Crippen LogP contribution < -0.4 is 5.32 Å². The minimum atomic E-state index is 0.217. The van der Waals surface area contributed by atoms with Crippen LogP contribution in [0.25, 0.3) is 5.69 Å². The van der Waals surface area contributed by atoms with Crippen LogP contribution in [0.4, 0.5) is 5.69 Å². The van der Waals surface area contributed by atoms with Gasteiger partial charge in [0.2, 0.25) is 0 Å². The molecule has 1 N–H and O–H groups in total. The highest BCUT2D eigenvalue weighted by molar-refractivity contribution is 5.50. The van der Waals surface area contributed by atoms with Gasteiger partial charge < -0.3 is 5.32 Å². The lowest BCUT2D eigenvalue weighted by molar-refractivity contribution is 0.756. The Morgan fingerprint density at radius 3 is 2.52 bits per heavy atom. The van der Waals surface area contributed by atoms with E-state index in [1.165, 1.54) is 5.56 Å². The van der Waals surface area contributed by atoms with Gasteiger partial charge in [0, 0.05) is 36.9 Å². The van der Waals surface area contributed by atoms with Gasteiger partial charge in [-0.25, -0.2) is 4.68 Å². The molecule has 21 heavy (non-hydrogen) atoms. The average molecular weight is 281 g/mol. The molecule has 1 unspecified atom stereocenters. The van der Waals surface area contributed by atoms with E-state index < -0.39 is 0 Å².